The monoisotopic (exact) mass is 332 g/mol. The smallest absolute Gasteiger partial charge is 0.274 e. The van der Waals surface area contributed by atoms with Crippen LogP contribution in [0.15, 0.2) is 14.4 Å². The number of hydrogen-bond donors (Lipinski definition) is 6. The Kier molecular flexibility index (Phi) is 3.18. The Morgan fingerprint density at radius 1 is 0.875 bits per heavy atom. The number of aromatic nitrogens is 4. The van der Waals surface area contributed by atoms with Gasteiger partial charge in [0.05, 0.1) is 21.6 Å². The maximum absolute atomic E-state index is 12.7. The molecule has 3 aromatic rings. The van der Waals surface area contributed by atoms with Crippen LogP contribution in [-0.4, -0.2) is 36.4 Å². The van der Waals surface area contributed by atoms with E-state index in [9.17, 15) is 29.4 Å². The number of carbonyl (C=O) groups excluding carboxylic acids is 1. The van der Waals surface area contributed by atoms with E-state index in [1.807, 2.05) is 0 Å². The summed E-state index contributed by atoms with van der Waals surface area (Å²) >= 11 is 0. The Morgan fingerprint density at radius 3 is 2.04 bits per heavy atom. The highest BCUT2D eigenvalue weighted by molar-refractivity contribution is 6.11. The van der Waals surface area contributed by atoms with Gasteiger partial charge < -0.3 is 10.2 Å². The van der Waals surface area contributed by atoms with E-state index in [0.29, 0.717) is 0 Å². The molecule has 3 rings (SSSR count). The molecule has 24 heavy (non-hydrogen) atoms. The van der Waals surface area contributed by atoms with Gasteiger partial charge in [0.15, 0.2) is 11.5 Å². The van der Waals surface area contributed by atoms with Crippen LogP contribution in [0.4, 0.5) is 0 Å². The van der Waals surface area contributed by atoms with E-state index < -0.39 is 39.4 Å². The number of aliphatic hydroxyl groups excluding tert-OH is 1. The van der Waals surface area contributed by atoms with Crippen LogP contribution >= 0.6 is 0 Å². The van der Waals surface area contributed by atoms with E-state index in [0.717, 1.165) is 6.92 Å². The lowest BCUT2D eigenvalue weighted by molar-refractivity contribution is 0.101. The topological polar surface area (TPSA) is 172 Å². The number of H-pyrrole nitrogens is 4. The van der Waals surface area contributed by atoms with E-state index >= 15 is 0 Å². The molecule has 0 unspecified atom stereocenters. The number of Topliss-reactive ketones (excluding diaryl/α,β-unsaturated/α-hetero) is 1. The minimum absolute atomic E-state index is 0.223. The highest BCUT2D eigenvalue weighted by atomic mass is 16.3. The minimum atomic E-state index is -0.819. The van der Waals surface area contributed by atoms with Crippen LogP contribution in [0.1, 0.15) is 24.2 Å². The molecule has 10 heteroatoms. The van der Waals surface area contributed by atoms with Gasteiger partial charge in [-0.3, -0.25) is 39.6 Å². The number of ketones is 1. The molecule has 0 spiro atoms. The highest BCUT2D eigenvalue weighted by Crippen LogP contribution is 2.26. The van der Waals surface area contributed by atoms with Crippen LogP contribution in [-0.2, 0) is 0 Å². The van der Waals surface area contributed by atoms with Crippen LogP contribution in [0.25, 0.3) is 27.6 Å². The second kappa shape index (κ2) is 4.98. The maximum atomic E-state index is 12.7. The van der Waals surface area contributed by atoms with E-state index in [4.69, 9.17) is 0 Å². The molecule has 6 N–H and O–H groups in total. The standard InChI is InChI=1S/C14H12N4O6/c1-3(19)5-7-9(15-17-13(5)23)12(22)8-6(4(2)20)14(24)18-16-10(8)11(7)21/h15-16,19,21H,1-2H3,(H,17,23)(H,18,24)/b5-3+. The highest BCUT2D eigenvalue weighted by Gasteiger charge is 2.22. The molecule has 2 aromatic heterocycles. The molecule has 0 saturated heterocycles. The molecule has 2 heterocycles. The first kappa shape index (κ1) is 15.3. The van der Waals surface area contributed by atoms with Crippen molar-refractivity contribution in [3.05, 3.63) is 41.7 Å². The normalized spacial score (nSPS) is 12.6. The second-order valence-corrected chi connectivity index (χ2v) is 5.23. The number of hydrogen-bond acceptors (Lipinski definition) is 6. The number of phenolic OH excluding ortho intramolecular Hbond substituents is 1. The van der Waals surface area contributed by atoms with Crippen LogP contribution < -0.4 is 21.8 Å². The van der Waals surface area contributed by atoms with Crippen LogP contribution in [0.5, 0.6) is 5.75 Å². The lowest BCUT2D eigenvalue weighted by Crippen LogP contribution is -2.33. The Morgan fingerprint density at radius 2 is 1.46 bits per heavy atom. The van der Waals surface area contributed by atoms with Crippen molar-refractivity contribution in [3.63, 3.8) is 0 Å². The quantitative estimate of drug-likeness (QED) is 0.253. The van der Waals surface area contributed by atoms with E-state index in [1.165, 1.54) is 6.92 Å². The van der Waals surface area contributed by atoms with Gasteiger partial charge in [-0.05, 0) is 13.8 Å². The molecular weight excluding hydrogens is 320 g/mol. The summed E-state index contributed by atoms with van der Waals surface area (Å²) in [5.74, 6) is -1.65. The van der Waals surface area contributed by atoms with Crippen molar-refractivity contribution in [1.82, 2.24) is 20.4 Å². The number of rotatable bonds is 1. The predicted molar refractivity (Wildman–Crippen MR) is 85.1 cm³/mol. The van der Waals surface area contributed by atoms with Gasteiger partial charge in [0, 0.05) is 0 Å². The van der Waals surface area contributed by atoms with Gasteiger partial charge in [0.1, 0.15) is 16.8 Å². The van der Waals surface area contributed by atoms with Crippen LogP contribution in [0.3, 0.4) is 0 Å². The van der Waals surface area contributed by atoms with Gasteiger partial charge in [-0.25, -0.2) is 0 Å². The van der Waals surface area contributed by atoms with Crippen LogP contribution in [0.2, 0.25) is 0 Å². The number of aliphatic hydroxyl groups is 1. The average Bonchev–Trinajstić information content (AvgIpc) is 2.51. The maximum Gasteiger partial charge on any atom is 0.274 e. The van der Waals surface area contributed by atoms with Crippen LogP contribution in [0, 0.1) is 0 Å². The van der Waals surface area contributed by atoms with E-state index in [1.54, 1.807) is 0 Å². The van der Waals surface area contributed by atoms with Gasteiger partial charge in [-0.2, -0.15) is 0 Å². The molecule has 0 atom stereocenters. The van der Waals surface area contributed by atoms with Gasteiger partial charge in [-0.1, -0.05) is 0 Å². The fourth-order valence-electron chi connectivity index (χ4n) is 2.71. The fourth-order valence-corrected chi connectivity index (χ4v) is 2.71. The number of aromatic amines is 4. The first-order valence-electron chi connectivity index (χ1n) is 6.76. The first-order chi connectivity index (χ1) is 11.3. The molecule has 0 amide bonds. The van der Waals surface area contributed by atoms with Gasteiger partial charge in [0.2, 0.25) is 5.43 Å². The molecule has 10 nitrogen and oxygen atoms in total. The summed E-state index contributed by atoms with van der Waals surface area (Å²) in [7, 11) is 0. The average molecular weight is 332 g/mol. The molecule has 124 valence electrons. The van der Waals surface area contributed by atoms with Crippen molar-refractivity contribution >= 4 is 33.3 Å². The van der Waals surface area contributed by atoms with Crippen molar-refractivity contribution < 1.29 is 15.0 Å². The number of fused-ring (bicyclic) bond motifs is 2. The number of carbonyl (C=O) groups is 1. The van der Waals surface area contributed by atoms with E-state index in [-0.39, 0.29) is 27.0 Å². The van der Waals surface area contributed by atoms with Gasteiger partial charge in [0.25, 0.3) is 11.1 Å². The summed E-state index contributed by atoms with van der Waals surface area (Å²) in [6.07, 6.45) is 0. The number of aromatic hydroxyl groups is 1. The molecule has 0 fully saturated rings. The van der Waals surface area contributed by atoms with Crippen molar-refractivity contribution in [2.24, 2.45) is 0 Å². The van der Waals surface area contributed by atoms with Gasteiger partial charge in [-0.15, -0.1) is 0 Å². The molecule has 0 aliphatic carbocycles. The molecule has 0 radical (unpaired) electrons. The van der Waals surface area contributed by atoms with Crippen molar-refractivity contribution in [2.75, 3.05) is 0 Å². The summed E-state index contributed by atoms with van der Waals surface area (Å²) in [6.45, 7) is 2.33. The SMILES string of the molecule is CC(=O)c1c(=O)[nH][nH]c2c(O)c3/c(=C(/C)O)c(=O)[nH][nH]c3c(=O)c12. The van der Waals surface area contributed by atoms with Crippen molar-refractivity contribution in [1.29, 1.82) is 0 Å². The fraction of sp³-hybridized carbons (Fsp3) is 0.143. The molecule has 0 saturated carbocycles. The predicted octanol–water partition coefficient (Wildman–Crippen LogP) is -0.739. The molecule has 0 bridgehead atoms. The summed E-state index contributed by atoms with van der Waals surface area (Å²) < 4.78 is 0. The van der Waals surface area contributed by atoms with Crippen molar-refractivity contribution in [3.8, 4) is 5.75 Å². The van der Waals surface area contributed by atoms with Crippen molar-refractivity contribution in [2.45, 2.75) is 13.8 Å². The minimum Gasteiger partial charge on any atom is -0.512 e. The van der Waals surface area contributed by atoms with E-state index in [2.05, 4.69) is 20.4 Å². The summed E-state index contributed by atoms with van der Waals surface area (Å²) in [5, 5.41) is 28.4. The Labute approximate surface area is 131 Å². The zero-order chi connectivity index (χ0) is 17.8. The Bertz CT molecular complexity index is 1270. The lowest BCUT2D eigenvalue weighted by Gasteiger charge is -2.08. The molecule has 0 aliphatic rings. The third-order valence-electron chi connectivity index (χ3n) is 3.70. The number of benzene rings is 1. The summed E-state index contributed by atoms with van der Waals surface area (Å²) in [6, 6.07) is 0. The molecule has 1 aromatic carbocycles. The number of phenols is 1. The Balaban J connectivity index is 2.85. The molecular formula is C14H12N4O6. The third kappa shape index (κ3) is 1.89. The second-order valence-electron chi connectivity index (χ2n) is 5.23. The first-order valence-corrected chi connectivity index (χ1v) is 6.76. The van der Waals surface area contributed by atoms with Gasteiger partial charge >= 0.3 is 0 Å². The lowest BCUT2D eigenvalue weighted by atomic mass is 10.0. The third-order valence-corrected chi connectivity index (χ3v) is 3.70. The zero-order valence-corrected chi connectivity index (χ0v) is 12.5. The zero-order valence-electron chi connectivity index (χ0n) is 12.5. The summed E-state index contributed by atoms with van der Waals surface area (Å²) in [4.78, 5) is 48.2. The molecule has 0 aliphatic heterocycles. The largest absolute Gasteiger partial charge is 0.512 e. The summed E-state index contributed by atoms with van der Waals surface area (Å²) in [5.41, 5.74) is -3.27. The Hall–Kier alpha value is -3.56. The number of nitrogens with one attached hydrogen (secondary N) is 4.